The summed E-state index contributed by atoms with van der Waals surface area (Å²) in [6.07, 6.45) is 1.50. The van der Waals surface area contributed by atoms with Crippen LogP contribution in [0.4, 0.5) is 5.69 Å². The van der Waals surface area contributed by atoms with Crippen molar-refractivity contribution >= 4 is 39.0 Å². The third-order valence-corrected chi connectivity index (χ3v) is 4.42. The van der Waals surface area contributed by atoms with Crippen molar-refractivity contribution in [3.8, 4) is 0 Å². The highest BCUT2D eigenvalue weighted by molar-refractivity contribution is 7.89. The summed E-state index contributed by atoms with van der Waals surface area (Å²) in [5.41, 5.74) is 0.920. The summed E-state index contributed by atoms with van der Waals surface area (Å²) in [6, 6.07) is 9.22. The number of hydrogen-bond acceptors (Lipinski definition) is 6. The van der Waals surface area contributed by atoms with E-state index in [1.807, 2.05) is 0 Å². The topological polar surface area (TPSA) is 102 Å². The molecule has 2 aromatic rings. The SMILES string of the molecule is C[C@H](OC(=O)c1cccc(CS(C)(=O)=O)c1)C(=O)Nc1cccnc1Cl. The molecule has 1 aromatic carbocycles. The normalized spacial score (nSPS) is 12.3. The van der Waals surface area contributed by atoms with Crippen LogP contribution in [0, 0.1) is 0 Å². The number of hydrogen-bond donors (Lipinski definition) is 1. The Hall–Kier alpha value is -2.45. The van der Waals surface area contributed by atoms with Crippen molar-refractivity contribution in [2.75, 3.05) is 11.6 Å². The molecule has 7 nitrogen and oxygen atoms in total. The first-order valence-electron chi connectivity index (χ1n) is 7.55. The lowest BCUT2D eigenvalue weighted by Gasteiger charge is -2.14. The molecule has 0 saturated heterocycles. The first-order chi connectivity index (χ1) is 12.2. The van der Waals surface area contributed by atoms with E-state index in [9.17, 15) is 18.0 Å². The van der Waals surface area contributed by atoms with Gasteiger partial charge in [-0.3, -0.25) is 4.79 Å². The molecule has 0 bridgehead atoms. The van der Waals surface area contributed by atoms with E-state index < -0.39 is 27.8 Å². The third-order valence-electron chi connectivity index (χ3n) is 3.26. The minimum atomic E-state index is -3.23. The zero-order valence-electron chi connectivity index (χ0n) is 14.1. The van der Waals surface area contributed by atoms with Crippen molar-refractivity contribution in [2.24, 2.45) is 0 Å². The van der Waals surface area contributed by atoms with Crippen LogP contribution in [0.25, 0.3) is 0 Å². The Balaban J connectivity index is 2.03. The molecule has 0 unspecified atom stereocenters. The lowest BCUT2D eigenvalue weighted by molar-refractivity contribution is -0.123. The number of rotatable bonds is 6. The number of pyridine rings is 1. The molecule has 1 N–H and O–H groups in total. The second kappa shape index (κ2) is 8.29. The van der Waals surface area contributed by atoms with Crippen LogP contribution in [0.2, 0.25) is 5.15 Å². The lowest BCUT2D eigenvalue weighted by Crippen LogP contribution is -2.30. The number of nitrogens with one attached hydrogen (secondary N) is 1. The molecular formula is C17H17ClN2O5S. The fourth-order valence-electron chi connectivity index (χ4n) is 2.09. The summed E-state index contributed by atoms with van der Waals surface area (Å²) in [5.74, 6) is -1.50. The summed E-state index contributed by atoms with van der Waals surface area (Å²) in [4.78, 5) is 28.2. The molecule has 2 rings (SSSR count). The van der Waals surface area contributed by atoms with Crippen LogP contribution >= 0.6 is 11.6 Å². The van der Waals surface area contributed by atoms with Gasteiger partial charge in [0.1, 0.15) is 0 Å². The van der Waals surface area contributed by atoms with Crippen LogP contribution in [-0.4, -0.2) is 37.6 Å². The first kappa shape index (κ1) is 19.9. The number of halogens is 1. The molecule has 0 spiro atoms. The summed E-state index contributed by atoms with van der Waals surface area (Å²) in [5, 5.41) is 2.64. The highest BCUT2D eigenvalue weighted by Crippen LogP contribution is 2.18. The molecule has 0 radical (unpaired) electrons. The Morgan fingerprint density at radius 2 is 2.00 bits per heavy atom. The number of nitrogens with zero attached hydrogens (tertiary/aromatic N) is 1. The molecule has 0 aliphatic carbocycles. The number of benzene rings is 1. The maximum Gasteiger partial charge on any atom is 0.338 e. The Morgan fingerprint density at radius 3 is 2.65 bits per heavy atom. The van der Waals surface area contributed by atoms with Crippen molar-refractivity contribution in [2.45, 2.75) is 18.8 Å². The van der Waals surface area contributed by atoms with E-state index in [2.05, 4.69) is 10.3 Å². The number of carbonyl (C=O) groups is 2. The van der Waals surface area contributed by atoms with Gasteiger partial charge in [-0.1, -0.05) is 23.7 Å². The number of ether oxygens (including phenoxy) is 1. The summed E-state index contributed by atoms with van der Waals surface area (Å²) in [6.45, 7) is 1.41. The smallest absolute Gasteiger partial charge is 0.338 e. The molecule has 0 aliphatic rings. The van der Waals surface area contributed by atoms with Gasteiger partial charge < -0.3 is 10.1 Å². The minimum absolute atomic E-state index is 0.118. The molecule has 1 amide bonds. The predicted octanol–water partition coefficient (Wildman–Crippen LogP) is 2.46. The largest absolute Gasteiger partial charge is 0.449 e. The van der Waals surface area contributed by atoms with E-state index in [-0.39, 0.29) is 16.5 Å². The molecule has 138 valence electrons. The monoisotopic (exact) mass is 396 g/mol. The van der Waals surface area contributed by atoms with Gasteiger partial charge in [0.15, 0.2) is 21.1 Å². The van der Waals surface area contributed by atoms with Gasteiger partial charge in [0, 0.05) is 12.5 Å². The van der Waals surface area contributed by atoms with E-state index in [0.717, 1.165) is 6.26 Å². The summed E-state index contributed by atoms with van der Waals surface area (Å²) >= 11 is 5.86. The van der Waals surface area contributed by atoms with Gasteiger partial charge in [-0.15, -0.1) is 0 Å². The van der Waals surface area contributed by atoms with Crippen LogP contribution < -0.4 is 5.32 Å². The molecule has 9 heteroatoms. The highest BCUT2D eigenvalue weighted by Gasteiger charge is 2.20. The lowest BCUT2D eigenvalue weighted by atomic mass is 10.1. The third kappa shape index (κ3) is 5.82. The van der Waals surface area contributed by atoms with E-state index in [1.54, 1.807) is 24.3 Å². The van der Waals surface area contributed by atoms with Crippen LogP contribution in [-0.2, 0) is 25.1 Å². The second-order valence-electron chi connectivity index (χ2n) is 5.65. The first-order valence-corrected chi connectivity index (χ1v) is 9.98. The van der Waals surface area contributed by atoms with Crippen molar-refractivity contribution in [1.82, 2.24) is 4.98 Å². The molecule has 0 aliphatic heterocycles. The molecule has 26 heavy (non-hydrogen) atoms. The number of aromatic nitrogens is 1. The van der Waals surface area contributed by atoms with Gasteiger partial charge in [0.2, 0.25) is 0 Å². The Bertz CT molecular complexity index is 930. The Morgan fingerprint density at radius 1 is 1.27 bits per heavy atom. The van der Waals surface area contributed by atoms with E-state index in [4.69, 9.17) is 16.3 Å². The maximum absolute atomic E-state index is 12.2. The molecule has 0 saturated carbocycles. The van der Waals surface area contributed by atoms with Crippen LogP contribution in [0.1, 0.15) is 22.8 Å². The van der Waals surface area contributed by atoms with Gasteiger partial charge in [0.05, 0.1) is 17.0 Å². The van der Waals surface area contributed by atoms with Crippen LogP contribution in [0.3, 0.4) is 0 Å². The average Bonchev–Trinajstić information content (AvgIpc) is 2.55. The molecule has 1 heterocycles. The fourth-order valence-corrected chi connectivity index (χ4v) is 3.04. The van der Waals surface area contributed by atoms with Gasteiger partial charge in [-0.05, 0) is 36.8 Å². The van der Waals surface area contributed by atoms with E-state index in [1.165, 1.54) is 25.3 Å². The number of sulfone groups is 1. The van der Waals surface area contributed by atoms with Crippen molar-refractivity contribution in [3.63, 3.8) is 0 Å². The summed E-state index contributed by atoms with van der Waals surface area (Å²) in [7, 11) is -3.23. The highest BCUT2D eigenvalue weighted by atomic mass is 35.5. The second-order valence-corrected chi connectivity index (χ2v) is 8.15. The van der Waals surface area contributed by atoms with Crippen molar-refractivity contribution < 1.29 is 22.7 Å². The molecule has 1 atom stereocenters. The quantitative estimate of drug-likeness (QED) is 0.594. The fraction of sp³-hybridized carbons (Fsp3) is 0.235. The van der Waals surface area contributed by atoms with Crippen LogP contribution in [0.15, 0.2) is 42.6 Å². The molecule has 1 aromatic heterocycles. The standard InChI is InChI=1S/C17H17ClN2O5S/c1-11(16(21)20-14-7-4-8-19-15(14)18)25-17(22)13-6-3-5-12(9-13)10-26(2,23)24/h3-9,11H,10H2,1-2H3,(H,20,21)/t11-/m0/s1. The zero-order chi connectivity index (χ0) is 19.3. The minimum Gasteiger partial charge on any atom is -0.449 e. The van der Waals surface area contributed by atoms with Crippen molar-refractivity contribution in [3.05, 3.63) is 58.9 Å². The summed E-state index contributed by atoms with van der Waals surface area (Å²) < 4.78 is 27.9. The predicted molar refractivity (Wildman–Crippen MR) is 97.7 cm³/mol. The Kier molecular flexibility index (Phi) is 6.33. The van der Waals surface area contributed by atoms with Crippen molar-refractivity contribution in [1.29, 1.82) is 0 Å². The van der Waals surface area contributed by atoms with Gasteiger partial charge in [-0.25, -0.2) is 18.2 Å². The maximum atomic E-state index is 12.2. The zero-order valence-corrected chi connectivity index (χ0v) is 15.7. The average molecular weight is 397 g/mol. The van der Waals surface area contributed by atoms with Crippen LogP contribution in [0.5, 0.6) is 0 Å². The number of carbonyl (C=O) groups excluding carboxylic acids is 2. The van der Waals surface area contributed by atoms with Gasteiger partial charge >= 0.3 is 5.97 Å². The van der Waals surface area contributed by atoms with Gasteiger partial charge in [0.25, 0.3) is 5.91 Å². The Labute approximate surface area is 156 Å². The van der Waals surface area contributed by atoms with E-state index in [0.29, 0.717) is 11.3 Å². The molecular weight excluding hydrogens is 380 g/mol. The number of esters is 1. The van der Waals surface area contributed by atoms with E-state index >= 15 is 0 Å². The van der Waals surface area contributed by atoms with Gasteiger partial charge in [-0.2, -0.15) is 0 Å². The number of anilines is 1. The number of amides is 1. The molecule has 0 fully saturated rings.